The summed E-state index contributed by atoms with van der Waals surface area (Å²) in [5.41, 5.74) is 6.40. The standard InChI is InChI=1S/C15H28N2O/c1-11-12(6-4-7-13(11)16)14(18)17-9-5-8-15(2,3)10-17/h11-13H,4-10,16H2,1-3H3. The molecule has 2 N–H and O–H groups in total. The van der Waals surface area contributed by atoms with Gasteiger partial charge in [0.15, 0.2) is 0 Å². The predicted octanol–water partition coefficient (Wildman–Crippen LogP) is 2.40. The van der Waals surface area contributed by atoms with Gasteiger partial charge in [0.2, 0.25) is 5.91 Å². The molecule has 0 radical (unpaired) electrons. The van der Waals surface area contributed by atoms with Gasteiger partial charge < -0.3 is 10.6 Å². The van der Waals surface area contributed by atoms with Gasteiger partial charge in [-0.05, 0) is 37.0 Å². The van der Waals surface area contributed by atoms with Crippen molar-refractivity contribution in [3.63, 3.8) is 0 Å². The number of nitrogens with zero attached hydrogens (tertiary/aromatic N) is 1. The summed E-state index contributed by atoms with van der Waals surface area (Å²) in [5.74, 6) is 0.879. The molecule has 0 spiro atoms. The van der Waals surface area contributed by atoms with E-state index in [1.165, 1.54) is 6.42 Å². The summed E-state index contributed by atoms with van der Waals surface area (Å²) in [6, 6.07) is 0.213. The number of likely N-dealkylation sites (tertiary alicyclic amines) is 1. The molecule has 1 saturated carbocycles. The Morgan fingerprint density at radius 3 is 2.67 bits per heavy atom. The highest BCUT2D eigenvalue weighted by Gasteiger charge is 2.37. The van der Waals surface area contributed by atoms with Crippen molar-refractivity contribution in [2.24, 2.45) is 23.0 Å². The van der Waals surface area contributed by atoms with Crippen molar-refractivity contribution >= 4 is 5.91 Å². The Labute approximate surface area is 111 Å². The van der Waals surface area contributed by atoms with Gasteiger partial charge in [0.1, 0.15) is 0 Å². The molecule has 2 fully saturated rings. The minimum absolute atomic E-state index is 0.169. The topological polar surface area (TPSA) is 46.3 Å². The molecule has 0 bridgehead atoms. The number of hydrogen-bond acceptors (Lipinski definition) is 2. The zero-order chi connectivity index (χ0) is 13.3. The van der Waals surface area contributed by atoms with E-state index in [-0.39, 0.29) is 17.4 Å². The van der Waals surface area contributed by atoms with Crippen LogP contribution in [0.2, 0.25) is 0 Å². The van der Waals surface area contributed by atoms with Crippen molar-refractivity contribution in [1.82, 2.24) is 4.90 Å². The van der Waals surface area contributed by atoms with Crippen molar-refractivity contribution in [3.8, 4) is 0 Å². The second-order valence-electron chi connectivity index (χ2n) is 7.09. The Balaban J connectivity index is 2.02. The van der Waals surface area contributed by atoms with E-state index in [0.29, 0.717) is 11.8 Å². The molecule has 0 aromatic heterocycles. The van der Waals surface area contributed by atoms with Gasteiger partial charge in [-0.2, -0.15) is 0 Å². The van der Waals surface area contributed by atoms with Gasteiger partial charge in [-0.1, -0.05) is 27.2 Å². The lowest BCUT2D eigenvalue weighted by Gasteiger charge is -2.42. The minimum atomic E-state index is 0.169. The van der Waals surface area contributed by atoms with Crippen LogP contribution in [-0.4, -0.2) is 29.9 Å². The first-order chi connectivity index (χ1) is 8.41. The van der Waals surface area contributed by atoms with Crippen LogP contribution in [0.1, 0.15) is 52.9 Å². The van der Waals surface area contributed by atoms with Crippen molar-refractivity contribution in [1.29, 1.82) is 0 Å². The first kappa shape index (κ1) is 13.9. The molecule has 1 amide bonds. The average molecular weight is 252 g/mol. The fraction of sp³-hybridized carbons (Fsp3) is 0.933. The Hall–Kier alpha value is -0.570. The number of carbonyl (C=O) groups excluding carboxylic acids is 1. The SMILES string of the molecule is CC1C(N)CCCC1C(=O)N1CCCC(C)(C)C1. The Morgan fingerprint density at radius 2 is 2.00 bits per heavy atom. The van der Waals surface area contributed by atoms with Crippen LogP contribution >= 0.6 is 0 Å². The van der Waals surface area contributed by atoms with Crippen molar-refractivity contribution in [3.05, 3.63) is 0 Å². The molecule has 1 aliphatic heterocycles. The first-order valence-corrected chi connectivity index (χ1v) is 7.45. The van der Waals surface area contributed by atoms with E-state index in [1.807, 2.05) is 0 Å². The molecule has 1 heterocycles. The van der Waals surface area contributed by atoms with E-state index >= 15 is 0 Å². The zero-order valence-electron chi connectivity index (χ0n) is 12.1. The monoisotopic (exact) mass is 252 g/mol. The van der Waals surface area contributed by atoms with Crippen molar-refractivity contribution in [2.45, 2.75) is 58.9 Å². The molecule has 3 unspecified atom stereocenters. The molecule has 2 rings (SSSR count). The van der Waals surface area contributed by atoms with Gasteiger partial charge in [0.05, 0.1) is 0 Å². The van der Waals surface area contributed by atoms with Gasteiger partial charge in [-0.3, -0.25) is 4.79 Å². The van der Waals surface area contributed by atoms with Crippen LogP contribution in [0, 0.1) is 17.3 Å². The van der Waals surface area contributed by atoms with E-state index in [9.17, 15) is 4.79 Å². The second-order valence-corrected chi connectivity index (χ2v) is 7.09. The van der Waals surface area contributed by atoms with Gasteiger partial charge in [-0.25, -0.2) is 0 Å². The Kier molecular flexibility index (Phi) is 4.00. The molecule has 3 heteroatoms. The molecule has 18 heavy (non-hydrogen) atoms. The molecule has 0 aromatic rings. The molecule has 1 saturated heterocycles. The molecule has 1 aliphatic carbocycles. The highest BCUT2D eigenvalue weighted by atomic mass is 16.2. The van der Waals surface area contributed by atoms with Crippen LogP contribution < -0.4 is 5.73 Å². The molecule has 2 aliphatic rings. The van der Waals surface area contributed by atoms with Crippen molar-refractivity contribution < 1.29 is 4.79 Å². The van der Waals surface area contributed by atoms with E-state index in [4.69, 9.17) is 5.73 Å². The summed E-state index contributed by atoms with van der Waals surface area (Å²) in [5, 5.41) is 0. The largest absolute Gasteiger partial charge is 0.342 e. The minimum Gasteiger partial charge on any atom is -0.342 e. The molecule has 104 valence electrons. The van der Waals surface area contributed by atoms with Crippen LogP contribution in [0.4, 0.5) is 0 Å². The third-order valence-electron chi connectivity index (χ3n) is 4.89. The summed E-state index contributed by atoms with van der Waals surface area (Å²) in [6.07, 6.45) is 5.60. The fourth-order valence-corrected chi connectivity index (χ4v) is 3.59. The smallest absolute Gasteiger partial charge is 0.226 e. The predicted molar refractivity (Wildman–Crippen MR) is 74.1 cm³/mol. The fourth-order valence-electron chi connectivity index (χ4n) is 3.59. The van der Waals surface area contributed by atoms with Gasteiger partial charge in [0.25, 0.3) is 0 Å². The lowest BCUT2D eigenvalue weighted by atomic mass is 9.75. The third kappa shape index (κ3) is 2.87. The Bertz CT molecular complexity index is 314. The first-order valence-electron chi connectivity index (χ1n) is 7.45. The molecule has 3 atom stereocenters. The normalized spacial score (nSPS) is 36.4. The molecular weight excluding hydrogens is 224 g/mol. The maximum absolute atomic E-state index is 12.7. The third-order valence-corrected chi connectivity index (χ3v) is 4.89. The van der Waals surface area contributed by atoms with Gasteiger partial charge in [-0.15, -0.1) is 0 Å². The van der Waals surface area contributed by atoms with E-state index in [1.54, 1.807) is 0 Å². The lowest BCUT2D eigenvalue weighted by molar-refractivity contribution is -0.141. The number of carbonyl (C=O) groups is 1. The number of rotatable bonds is 1. The van der Waals surface area contributed by atoms with Crippen LogP contribution in [0.3, 0.4) is 0 Å². The van der Waals surface area contributed by atoms with E-state index in [2.05, 4.69) is 25.7 Å². The summed E-state index contributed by atoms with van der Waals surface area (Å²) in [6.45, 7) is 8.55. The second kappa shape index (κ2) is 5.20. The van der Waals surface area contributed by atoms with Crippen LogP contribution in [0.5, 0.6) is 0 Å². The molecule has 0 aromatic carbocycles. The van der Waals surface area contributed by atoms with Crippen LogP contribution in [0.25, 0.3) is 0 Å². The maximum Gasteiger partial charge on any atom is 0.226 e. The quantitative estimate of drug-likeness (QED) is 0.779. The maximum atomic E-state index is 12.7. The highest BCUT2D eigenvalue weighted by molar-refractivity contribution is 5.79. The Morgan fingerprint density at radius 1 is 1.28 bits per heavy atom. The number of nitrogens with two attached hydrogens (primary N) is 1. The zero-order valence-corrected chi connectivity index (χ0v) is 12.1. The van der Waals surface area contributed by atoms with Crippen LogP contribution in [-0.2, 0) is 4.79 Å². The highest BCUT2D eigenvalue weighted by Crippen LogP contribution is 2.34. The van der Waals surface area contributed by atoms with Crippen molar-refractivity contribution in [2.75, 3.05) is 13.1 Å². The number of amides is 1. The van der Waals surface area contributed by atoms with Gasteiger partial charge in [0, 0.05) is 25.0 Å². The van der Waals surface area contributed by atoms with Crippen LogP contribution in [0.15, 0.2) is 0 Å². The summed E-state index contributed by atoms with van der Waals surface area (Å²) < 4.78 is 0. The summed E-state index contributed by atoms with van der Waals surface area (Å²) in [7, 11) is 0. The van der Waals surface area contributed by atoms with E-state index < -0.39 is 0 Å². The molecular formula is C15H28N2O. The lowest BCUT2D eigenvalue weighted by Crippen LogP contribution is -2.50. The molecule has 3 nitrogen and oxygen atoms in total. The van der Waals surface area contributed by atoms with E-state index in [0.717, 1.165) is 38.8 Å². The number of hydrogen-bond donors (Lipinski definition) is 1. The van der Waals surface area contributed by atoms with Gasteiger partial charge >= 0.3 is 0 Å². The number of piperidine rings is 1. The summed E-state index contributed by atoms with van der Waals surface area (Å²) >= 11 is 0. The summed E-state index contributed by atoms with van der Waals surface area (Å²) in [4.78, 5) is 14.8. The average Bonchev–Trinajstić information content (AvgIpc) is 2.30.